The predicted molar refractivity (Wildman–Crippen MR) is 138 cm³/mol. The van der Waals surface area contributed by atoms with Crippen molar-refractivity contribution in [2.45, 2.75) is 80.2 Å². The molecule has 0 amide bonds. The van der Waals surface area contributed by atoms with Crippen LogP contribution in [0.3, 0.4) is 0 Å². The summed E-state index contributed by atoms with van der Waals surface area (Å²) in [5.74, 6) is 0.309. The lowest BCUT2D eigenvalue weighted by Gasteiger charge is -2.39. The maximum atomic E-state index is 13.0. The van der Waals surface area contributed by atoms with E-state index in [9.17, 15) is 9.59 Å². The van der Waals surface area contributed by atoms with E-state index in [1.165, 1.54) is 0 Å². The average molecular weight is 488 g/mol. The topological polar surface area (TPSA) is 57.5 Å². The van der Waals surface area contributed by atoms with Crippen molar-refractivity contribution in [1.82, 2.24) is 4.57 Å². The summed E-state index contributed by atoms with van der Waals surface area (Å²) in [7, 11) is 0. The van der Waals surface area contributed by atoms with Gasteiger partial charge in [0.2, 0.25) is 0 Å². The predicted octanol–water partition coefficient (Wildman–Crippen LogP) is 6.62. The van der Waals surface area contributed by atoms with Gasteiger partial charge in [-0.25, -0.2) is 0 Å². The number of carbonyl (C=O) groups excluding carboxylic acids is 1. The normalized spacial score (nSPS) is 15.5. The Morgan fingerprint density at radius 2 is 1.85 bits per heavy atom. The van der Waals surface area contributed by atoms with E-state index in [1.807, 2.05) is 39.1 Å². The average Bonchev–Trinajstić information content (AvgIpc) is 2.72. The van der Waals surface area contributed by atoms with Crippen molar-refractivity contribution in [3.63, 3.8) is 0 Å². The van der Waals surface area contributed by atoms with Crippen molar-refractivity contribution in [2.75, 3.05) is 13.2 Å². The van der Waals surface area contributed by atoms with E-state index < -0.39 is 0 Å². The van der Waals surface area contributed by atoms with Crippen LogP contribution < -0.4 is 10.2 Å². The van der Waals surface area contributed by atoms with Crippen LogP contribution >= 0.6 is 11.6 Å². The fourth-order valence-electron chi connectivity index (χ4n) is 4.17. The zero-order chi connectivity index (χ0) is 25.3. The van der Waals surface area contributed by atoms with E-state index in [0.29, 0.717) is 29.5 Å². The molecule has 0 fully saturated rings. The Bertz CT molecular complexity index is 1110. The minimum absolute atomic E-state index is 0.0378. The van der Waals surface area contributed by atoms with Gasteiger partial charge in [0, 0.05) is 29.4 Å². The first kappa shape index (κ1) is 26.3. The highest BCUT2D eigenvalue weighted by molar-refractivity contribution is 6.32. The third-order valence-electron chi connectivity index (χ3n) is 6.10. The molecule has 2 aromatic rings. The molecule has 186 valence electrons. The van der Waals surface area contributed by atoms with Gasteiger partial charge in [0.15, 0.2) is 5.43 Å². The molecule has 0 aliphatic carbocycles. The summed E-state index contributed by atoms with van der Waals surface area (Å²) in [4.78, 5) is 25.5. The molecule has 34 heavy (non-hydrogen) atoms. The number of benzene rings is 1. The number of esters is 1. The first-order valence-electron chi connectivity index (χ1n) is 12.2. The molecule has 0 N–H and O–H groups in total. The maximum Gasteiger partial charge on any atom is 0.310 e. The zero-order valence-corrected chi connectivity index (χ0v) is 22.3. The molecule has 1 aliphatic heterocycles. The van der Waals surface area contributed by atoms with Crippen LogP contribution in [0.4, 0.5) is 0 Å². The number of ether oxygens (including phenoxy) is 2. The molecule has 6 heteroatoms. The molecule has 0 bridgehead atoms. The van der Waals surface area contributed by atoms with Crippen molar-refractivity contribution >= 4 is 17.6 Å². The van der Waals surface area contributed by atoms with Crippen molar-refractivity contribution in [1.29, 1.82) is 0 Å². The van der Waals surface area contributed by atoms with Gasteiger partial charge in [0.1, 0.15) is 5.75 Å². The van der Waals surface area contributed by atoms with E-state index in [0.717, 1.165) is 36.1 Å². The van der Waals surface area contributed by atoms with Crippen LogP contribution in [0.25, 0.3) is 11.3 Å². The highest BCUT2D eigenvalue weighted by Gasteiger charge is 2.33. The Kier molecular flexibility index (Phi) is 7.86. The molecule has 5 nitrogen and oxygen atoms in total. The summed E-state index contributed by atoms with van der Waals surface area (Å²) in [6.07, 6.45) is 4.61. The Morgan fingerprint density at radius 1 is 1.15 bits per heavy atom. The zero-order valence-electron chi connectivity index (χ0n) is 21.6. The summed E-state index contributed by atoms with van der Waals surface area (Å²) in [6, 6.07) is 5.67. The van der Waals surface area contributed by atoms with Gasteiger partial charge < -0.3 is 14.0 Å². The Balaban J connectivity index is 2.01. The number of nitrogens with zero attached hydrogens (tertiary/aromatic N) is 1. The van der Waals surface area contributed by atoms with E-state index >= 15 is 0 Å². The number of hydrogen-bond acceptors (Lipinski definition) is 4. The SMILES string of the molecule is CCCCOc1cc2c(cc1Cl)-c1cc(=O)c(CC(=O)OCC(C)(C)C)cn1C(C(C)(C)C)C2. The number of carbonyl (C=O) groups is 1. The van der Waals surface area contributed by atoms with Crippen molar-refractivity contribution in [3.05, 3.63) is 50.8 Å². The van der Waals surface area contributed by atoms with Gasteiger partial charge in [-0.3, -0.25) is 9.59 Å². The summed E-state index contributed by atoms with van der Waals surface area (Å²) in [6.45, 7) is 15.7. The van der Waals surface area contributed by atoms with Crippen LogP contribution in [0, 0.1) is 10.8 Å². The van der Waals surface area contributed by atoms with E-state index in [-0.39, 0.29) is 34.7 Å². The molecular formula is C28H38ClNO4. The van der Waals surface area contributed by atoms with E-state index in [1.54, 1.807) is 6.07 Å². The summed E-state index contributed by atoms with van der Waals surface area (Å²) < 4.78 is 13.5. The smallest absolute Gasteiger partial charge is 0.310 e. The lowest BCUT2D eigenvalue weighted by Crippen LogP contribution is -2.32. The largest absolute Gasteiger partial charge is 0.492 e. The molecule has 0 radical (unpaired) electrons. The van der Waals surface area contributed by atoms with Gasteiger partial charge in [0.05, 0.1) is 30.4 Å². The first-order chi connectivity index (χ1) is 15.8. The monoisotopic (exact) mass is 487 g/mol. The van der Waals surface area contributed by atoms with Gasteiger partial charge in [-0.05, 0) is 41.4 Å². The van der Waals surface area contributed by atoms with Crippen molar-refractivity contribution in [3.8, 4) is 17.0 Å². The fourth-order valence-corrected chi connectivity index (χ4v) is 4.39. The van der Waals surface area contributed by atoms with Crippen LogP contribution in [0.2, 0.25) is 5.02 Å². The van der Waals surface area contributed by atoms with Gasteiger partial charge in [-0.15, -0.1) is 0 Å². The molecule has 1 aromatic heterocycles. The number of fused-ring (bicyclic) bond motifs is 3. The fraction of sp³-hybridized carbons (Fsp3) is 0.571. The number of halogens is 1. The van der Waals surface area contributed by atoms with Crippen LogP contribution in [0.15, 0.2) is 29.2 Å². The van der Waals surface area contributed by atoms with Crippen LogP contribution in [-0.4, -0.2) is 23.8 Å². The molecule has 3 rings (SSSR count). The second kappa shape index (κ2) is 10.2. The summed E-state index contributed by atoms with van der Waals surface area (Å²) in [5.41, 5.74) is 2.96. The highest BCUT2D eigenvalue weighted by atomic mass is 35.5. The van der Waals surface area contributed by atoms with E-state index in [4.69, 9.17) is 21.1 Å². The third-order valence-corrected chi connectivity index (χ3v) is 6.39. The Morgan fingerprint density at radius 3 is 2.47 bits per heavy atom. The van der Waals surface area contributed by atoms with Gasteiger partial charge >= 0.3 is 5.97 Å². The molecule has 0 spiro atoms. The van der Waals surface area contributed by atoms with Crippen LogP contribution in [0.1, 0.15) is 78.5 Å². The highest BCUT2D eigenvalue weighted by Crippen LogP contribution is 2.45. The molecule has 0 saturated heterocycles. The van der Waals surface area contributed by atoms with Crippen LogP contribution in [-0.2, 0) is 22.4 Å². The quantitative estimate of drug-likeness (QED) is 0.325. The molecular weight excluding hydrogens is 450 g/mol. The number of aromatic nitrogens is 1. The number of hydrogen-bond donors (Lipinski definition) is 0. The molecule has 2 heterocycles. The van der Waals surface area contributed by atoms with E-state index in [2.05, 4.69) is 32.3 Å². The lowest BCUT2D eigenvalue weighted by molar-refractivity contribution is -0.145. The molecule has 0 saturated carbocycles. The minimum atomic E-state index is -0.381. The van der Waals surface area contributed by atoms with Crippen molar-refractivity contribution in [2.24, 2.45) is 10.8 Å². The molecule has 1 aliphatic rings. The Labute approximate surface area is 208 Å². The van der Waals surface area contributed by atoms with Crippen molar-refractivity contribution < 1.29 is 14.3 Å². The lowest BCUT2D eigenvalue weighted by atomic mass is 9.78. The second-order valence-corrected chi connectivity index (χ2v) is 12.0. The summed E-state index contributed by atoms with van der Waals surface area (Å²) in [5, 5.41) is 0.540. The Hall–Kier alpha value is -2.27. The van der Waals surface area contributed by atoms with Gasteiger partial charge in [0.25, 0.3) is 0 Å². The number of pyridine rings is 1. The molecule has 1 unspecified atom stereocenters. The minimum Gasteiger partial charge on any atom is -0.492 e. The third kappa shape index (κ3) is 6.24. The van der Waals surface area contributed by atoms with Gasteiger partial charge in [-0.2, -0.15) is 0 Å². The first-order valence-corrected chi connectivity index (χ1v) is 12.5. The molecule has 1 aromatic carbocycles. The standard InChI is InChI=1S/C28H38ClNO4/c1-8-9-10-33-24-11-18-12-25(28(5,6)7)30-16-19(13-26(32)34-17-27(2,3)4)23(31)15-22(30)20(18)14-21(24)29/h11,14-16,25H,8-10,12-13,17H2,1-7H3. The maximum absolute atomic E-state index is 13.0. The molecule has 1 atom stereocenters. The van der Waals surface area contributed by atoms with Gasteiger partial charge in [-0.1, -0.05) is 66.5 Å². The number of rotatable bonds is 7. The van der Waals surface area contributed by atoms with Crippen LogP contribution in [0.5, 0.6) is 5.75 Å². The second-order valence-electron chi connectivity index (χ2n) is 11.6. The number of unbranched alkanes of at least 4 members (excludes halogenated alkanes) is 1. The summed E-state index contributed by atoms with van der Waals surface area (Å²) >= 11 is 6.57.